The molecule has 0 aliphatic carbocycles. The Morgan fingerprint density at radius 2 is 1.79 bits per heavy atom. The molecule has 2 N–H and O–H groups in total. The summed E-state index contributed by atoms with van der Waals surface area (Å²) in [5, 5.41) is 0.763. The lowest BCUT2D eigenvalue weighted by molar-refractivity contribution is -0.128. The van der Waals surface area contributed by atoms with E-state index < -0.39 is 11.8 Å². The van der Waals surface area contributed by atoms with Crippen molar-refractivity contribution in [2.24, 2.45) is 0 Å². The van der Waals surface area contributed by atoms with Gasteiger partial charge in [-0.05, 0) is 29.8 Å². The Balaban J connectivity index is 1.74. The van der Waals surface area contributed by atoms with Gasteiger partial charge in [0.2, 0.25) is 0 Å². The van der Waals surface area contributed by atoms with Crippen molar-refractivity contribution in [1.29, 1.82) is 0 Å². The summed E-state index contributed by atoms with van der Waals surface area (Å²) in [5.41, 5.74) is 5.36. The molecule has 24 heavy (non-hydrogen) atoms. The normalized spacial score (nSPS) is 10.4. The average Bonchev–Trinajstić information content (AvgIpc) is 2.58. The van der Waals surface area contributed by atoms with E-state index in [1.807, 2.05) is 30.3 Å². The van der Waals surface area contributed by atoms with Crippen molar-refractivity contribution in [3.05, 3.63) is 70.2 Å². The maximum absolute atomic E-state index is 11.6. The number of carbonyl (C=O) groups excluding carboxylic acids is 2. The molecule has 0 saturated carbocycles. The van der Waals surface area contributed by atoms with E-state index in [0.717, 1.165) is 5.56 Å². The zero-order valence-electron chi connectivity index (χ0n) is 12.5. The number of amides is 2. The lowest BCUT2D eigenvalue weighted by atomic mass is 10.2. The molecule has 0 spiro atoms. The molecule has 0 heterocycles. The average molecular weight is 365 g/mol. The summed E-state index contributed by atoms with van der Waals surface area (Å²) in [6, 6.07) is 14.0. The molecular weight excluding hydrogens is 351 g/mol. The van der Waals surface area contributed by atoms with Gasteiger partial charge in [0.1, 0.15) is 5.75 Å². The van der Waals surface area contributed by atoms with Crippen LogP contribution in [0.3, 0.4) is 0 Å². The SMILES string of the molecule is O=C(C=Cc1ccccc1)NNC(=O)COc1ccc(Cl)cc1Cl. The minimum absolute atomic E-state index is 0.296. The van der Waals surface area contributed by atoms with Crippen LogP contribution in [-0.2, 0) is 9.59 Å². The zero-order valence-corrected chi connectivity index (χ0v) is 14.0. The molecule has 0 aromatic heterocycles. The summed E-state index contributed by atoms with van der Waals surface area (Å²) in [6.07, 6.45) is 2.94. The molecule has 0 bridgehead atoms. The Labute approximate surface area is 149 Å². The van der Waals surface area contributed by atoms with E-state index in [9.17, 15) is 9.59 Å². The number of rotatable bonds is 5. The number of carbonyl (C=O) groups is 2. The number of hydrogen-bond donors (Lipinski definition) is 2. The topological polar surface area (TPSA) is 67.4 Å². The van der Waals surface area contributed by atoms with Gasteiger partial charge >= 0.3 is 0 Å². The molecule has 5 nitrogen and oxygen atoms in total. The molecule has 0 aliphatic heterocycles. The second kappa shape index (κ2) is 8.96. The first-order valence-corrected chi connectivity index (χ1v) is 7.70. The van der Waals surface area contributed by atoms with Gasteiger partial charge < -0.3 is 4.74 Å². The number of nitrogens with one attached hydrogen (secondary N) is 2. The minimum atomic E-state index is -0.525. The predicted octanol–water partition coefficient (Wildman–Crippen LogP) is 3.23. The van der Waals surface area contributed by atoms with E-state index in [4.69, 9.17) is 27.9 Å². The lowest BCUT2D eigenvalue weighted by Gasteiger charge is -2.09. The molecule has 0 atom stereocenters. The first-order chi connectivity index (χ1) is 11.5. The van der Waals surface area contributed by atoms with Crippen LogP contribution in [0.2, 0.25) is 10.0 Å². The van der Waals surface area contributed by atoms with Gasteiger partial charge in [-0.2, -0.15) is 0 Å². The van der Waals surface area contributed by atoms with Crippen LogP contribution in [0, 0.1) is 0 Å². The highest BCUT2D eigenvalue weighted by Crippen LogP contribution is 2.27. The molecule has 2 aromatic carbocycles. The first-order valence-electron chi connectivity index (χ1n) is 6.94. The van der Waals surface area contributed by atoms with E-state index >= 15 is 0 Å². The molecule has 0 fully saturated rings. The Morgan fingerprint density at radius 1 is 1.04 bits per heavy atom. The summed E-state index contributed by atoms with van der Waals surface area (Å²) in [5.74, 6) is -0.661. The molecule has 2 aromatic rings. The molecule has 0 radical (unpaired) electrons. The summed E-state index contributed by atoms with van der Waals surface area (Å²) in [6.45, 7) is -0.302. The summed E-state index contributed by atoms with van der Waals surface area (Å²) < 4.78 is 5.24. The third kappa shape index (κ3) is 5.95. The van der Waals surface area contributed by atoms with Crippen molar-refractivity contribution in [3.8, 4) is 5.75 Å². The smallest absolute Gasteiger partial charge is 0.276 e. The van der Waals surface area contributed by atoms with Crippen molar-refractivity contribution in [2.45, 2.75) is 0 Å². The van der Waals surface area contributed by atoms with Crippen LogP contribution < -0.4 is 15.6 Å². The second-order valence-electron chi connectivity index (χ2n) is 4.64. The lowest BCUT2D eigenvalue weighted by Crippen LogP contribution is -2.43. The van der Waals surface area contributed by atoms with Gasteiger partial charge in [0.05, 0.1) is 5.02 Å². The largest absolute Gasteiger partial charge is 0.482 e. The molecule has 0 unspecified atom stereocenters. The van der Waals surface area contributed by atoms with E-state index in [0.29, 0.717) is 15.8 Å². The maximum Gasteiger partial charge on any atom is 0.276 e. The maximum atomic E-state index is 11.6. The molecule has 0 aliphatic rings. The summed E-state index contributed by atoms with van der Waals surface area (Å²) in [7, 11) is 0. The van der Waals surface area contributed by atoms with Crippen molar-refractivity contribution in [1.82, 2.24) is 10.9 Å². The monoisotopic (exact) mass is 364 g/mol. The van der Waals surface area contributed by atoms with Gasteiger partial charge in [-0.25, -0.2) is 0 Å². The Morgan fingerprint density at radius 3 is 2.50 bits per heavy atom. The van der Waals surface area contributed by atoms with E-state index in [1.54, 1.807) is 18.2 Å². The van der Waals surface area contributed by atoms with Gasteiger partial charge in [-0.1, -0.05) is 53.5 Å². The fourth-order valence-corrected chi connectivity index (χ4v) is 2.14. The van der Waals surface area contributed by atoms with Crippen molar-refractivity contribution < 1.29 is 14.3 Å². The van der Waals surface area contributed by atoms with E-state index in [2.05, 4.69) is 10.9 Å². The quantitative estimate of drug-likeness (QED) is 0.632. The van der Waals surface area contributed by atoms with Crippen LogP contribution in [0.5, 0.6) is 5.75 Å². The van der Waals surface area contributed by atoms with Crippen molar-refractivity contribution >= 4 is 41.1 Å². The third-order valence-corrected chi connectivity index (χ3v) is 3.34. The van der Waals surface area contributed by atoms with Crippen LogP contribution in [0.15, 0.2) is 54.6 Å². The molecule has 0 saturated heterocycles. The summed E-state index contributed by atoms with van der Waals surface area (Å²) in [4.78, 5) is 23.2. The number of hydrazine groups is 1. The van der Waals surface area contributed by atoms with Gasteiger partial charge in [0.15, 0.2) is 6.61 Å². The fraction of sp³-hybridized carbons (Fsp3) is 0.0588. The second-order valence-corrected chi connectivity index (χ2v) is 5.49. The van der Waals surface area contributed by atoms with Crippen LogP contribution >= 0.6 is 23.2 Å². The van der Waals surface area contributed by atoms with Gasteiger partial charge in [0, 0.05) is 11.1 Å². The summed E-state index contributed by atoms with van der Waals surface area (Å²) >= 11 is 11.7. The minimum Gasteiger partial charge on any atom is -0.482 e. The van der Waals surface area contributed by atoms with Crippen LogP contribution in [0.1, 0.15) is 5.56 Å². The fourth-order valence-electron chi connectivity index (χ4n) is 1.68. The van der Waals surface area contributed by atoms with E-state index in [-0.39, 0.29) is 6.61 Å². The van der Waals surface area contributed by atoms with Crippen LogP contribution in [0.25, 0.3) is 6.08 Å². The van der Waals surface area contributed by atoms with Gasteiger partial charge in [-0.3, -0.25) is 20.4 Å². The number of hydrogen-bond acceptors (Lipinski definition) is 3. The predicted molar refractivity (Wildman–Crippen MR) is 93.7 cm³/mol. The van der Waals surface area contributed by atoms with Gasteiger partial charge in [0.25, 0.3) is 11.8 Å². The first kappa shape index (κ1) is 17.8. The standard InChI is InChI=1S/C17H14Cl2N2O3/c18-13-7-8-15(14(19)10-13)24-11-17(23)21-20-16(22)9-6-12-4-2-1-3-5-12/h1-10H,11H2,(H,20,22)(H,21,23). The highest BCUT2D eigenvalue weighted by Gasteiger charge is 2.07. The third-order valence-electron chi connectivity index (χ3n) is 2.80. The highest BCUT2D eigenvalue weighted by molar-refractivity contribution is 6.35. The number of benzene rings is 2. The van der Waals surface area contributed by atoms with E-state index in [1.165, 1.54) is 12.1 Å². The number of halogens is 2. The molecule has 124 valence electrons. The molecule has 2 amide bonds. The molecule has 2 rings (SSSR count). The Hall–Kier alpha value is -2.50. The van der Waals surface area contributed by atoms with Gasteiger partial charge in [-0.15, -0.1) is 0 Å². The molecular formula is C17H14Cl2N2O3. The molecule has 7 heteroatoms. The highest BCUT2D eigenvalue weighted by atomic mass is 35.5. The Kier molecular flexibility index (Phi) is 6.66. The van der Waals surface area contributed by atoms with Crippen molar-refractivity contribution in [2.75, 3.05) is 6.61 Å². The Bertz CT molecular complexity index is 749. The zero-order chi connectivity index (χ0) is 17.4. The van der Waals surface area contributed by atoms with Crippen LogP contribution in [-0.4, -0.2) is 18.4 Å². The van der Waals surface area contributed by atoms with Crippen molar-refractivity contribution in [3.63, 3.8) is 0 Å². The number of ether oxygens (including phenoxy) is 1. The van der Waals surface area contributed by atoms with Crippen LogP contribution in [0.4, 0.5) is 0 Å².